The molecule has 2 aromatic heterocycles. The molecule has 54 heavy (non-hydrogen) atoms. The number of aromatic nitrogens is 4. The summed E-state index contributed by atoms with van der Waals surface area (Å²) in [4.78, 5) is 31.3. The highest BCUT2D eigenvalue weighted by Gasteiger charge is 2.49. The largest absolute Gasteiger partial charge is 0.467 e. The number of hydrogen-bond donors (Lipinski definition) is 0. The molecule has 14 heteroatoms. The van der Waals surface area contributed by atoms with E-state index >= 15 is 4.39 Å². The predicted molar refractivity (Wildman–Crippen MR) is 202 cm³/mol. The first kappa shape index (κ1) is 36.4. The van der Waals surface area contributed by atoms with Gasteiger partial charge in [0.1, 0.15) is 30.2 Å². The van der Waals surface area contributed by atoms with Gasteiger partial charge in [0, 0.05) is 88.3 Å². The van der Waals surface area contributed by atoms with Crippen molar-refractivity contribution >= 4 is 28.3 Å². The third-order valence-corrected chi connectivity index (χ3v) is 11.6. The van der Waals surface area contributed by atoms with Crippen LogP contribution in [-0.4, -0.2) is 108 Å². The van der Waals surface area contributed by atoms with Gasteiger partial charge in [-0.05, 0) is 67.6 Å². The Morgan fingerprint density at radius 1 is 1.07 bits per heavy atom. The van der Waals surface area contributed by atoms with Gasteiger partial charge in [0.25, 0.3) is 0 Å². The van der Waals surface area contributed by atoms with E-state index in [0.29, 0.717) is 63.4 Å². The van der Waals surface area contributed by atoms with Gasteiger partial charge in [-0.2, -0.15) is 19.7 Å². The van der Waals surface area contributed by atoms with Crippen LogP contribution in [0.3, 0.4) is 0 Å². The molecule has 0 radical (unpaired) electrons. The number of hydrogen-bond acceptors (Lipinski definition) is 10. The van der Waals surface area contributed by atoms with Gasteiger partial charge >= 0.3 is 12.0 Å². The number of benzene rings is 2. The highest BCUT2D eigenvalue weighted by atomic mass is 19.1. The number of carbonyl (C=O) groups is 1. The Balaban J connectivity index is 1.19. The van der Waals surface area contributed by atoms with Crippen LogP contribution in [0.1, 0.15) is 61.2 Å². The maximum atomic E-state index is 15.3. The lowest BCUT2D eigenvalue weighted by Crippen LogP contribution is -2.43. The van der Waals surface area contributed by atoms with E-state index in [0.717, 1.165) is 77.1 Å². The summed E-state index contributed by atoms with van der Waals surface area (Å²) in [5, 5.41) is 6.44. The van der Waals surface area contributed by atoms with Gasteiger partial charge in [-0.25, -0.2) is 13.6 Å². The lowest BCUT2D eigenvalue weighted by atomic mass is 9.95. The highest BCUT2D eigenvalue weighted by Crippen LogP contribution is 2.42. The quantitative estimate of drug-likeness (QED) is 0.197. The molecule has 12 nitrogen and oxygen atoms in total. The van der Waals surface area contributed by atoms with Crippen molar-refractivity contribution in [2.75, 3.05) is 70.6 Å². The topological polar surface area (TPSA) is 101 Å². The fraction of sp³-hybridized carbons (Fsp3) is 0.550. The standard InChI is InChI=1S/C40H50F2N8O4/c1-6-30-32(42)9-8-26-15-29(54-24-52-5)16-35(36(26)30)47-13-10-31-34(22-47)43-38(53-23-40-11-7-12-49(40)21-28(41)17-40)44-37(31)48-18-25(2)14-33-27(19-48)20-50(45-33)39(51)46(3)4/h8-9,15-16,20,25,28H,6-7,10-14,17-19,21-24H2,1-5H3/t25?,28-,40+/m1/s1. The molecule has 0 N–H and O–H groups in total. The predicted octanol–water partition coefficient (Wildman–Crippen LogP) is 5.76. The van der Waals surface area contributed by atoms with Crippen LogP contribution in [0.15, 0.2) is 30.5 Å². The van der Waals surface area contributed by atoms with Crippen molar-refractivity contribution in [1.29, 1.82) is 0 Å². The second-order valence-electron chi connectivity index (χ2n) is 15.7. The number of rotatable bonds is 9. The maximum absolute atomic E-state index is 15.3. The van der Waals surface area contributed by atoms with Gasteiger partial charge in [-0.3, -0.25) is 4.90 Å². The third kappa shape index (κ3) is 6.71. The van der Waals surface area contributed by atoms with Crippen molar-refractivity contribution < 1.29 is 27.8 Å². The molecule has 1 unspecified atom stereocenters. The number of fused-ring (bicyclic) bond motifs is 4. The van der Waals surface area contributed by atoms with Crippen molar-refractivity contribution in [2.45, 2.75) is 77.2 Å². The minimum atomic E-state index is -0.869. The summed E-state index contributed by atoms with van der Waals surface area (Å²) in [5.74, 6) is 1.44. The van der Waals surface area contributed by atoms with Crippen LogP contribution in [0.25, 0.3) is 10.8 Å². The van der Waals surface area contributed by atoms with Gasteiger partial charge in [0.05, 0.1) is 23.5 Å². The van der Waals surface area contributed by atoms with E-state index in [1.165, 1.54) is 15.6 Å². The monoisotopic (exact) mass is 744 g/mol. The Morgan fingerprint density at radius 3 is 2.72 bits per heavy atom. The molecule has 4 aromatic rings. The molecule has 6 heterocycles. The molecule has 2 saturated heterocycles. The summed E-state index contributed by atoms with van der Waals surface area (Å²) in [6.07, 6.45) is 5.23. The number of alkyl halides is 1. The van der Waals surface area contributed by atoms with E-state index in [1.807, 2.05) is 25.3 Å². The Labute approximate surface area is 315 Å². The van der Waals surface area contributed by atoms with Crippen LogP contribution in [0, 0.1) is 11.7 Å². The second-order valence-corrected chi connectivity index (χ2v) is 15.7. The first-order valence-corrected chi connectivity index (χ1v) is 19.1. The number of aryl methyl sites for hydroxylation is 1. The number of ether oxygens (including phenoxy) is 3. The van der Waals surface area contributed by atoms with Crippen LogP contribution in [-0.2, 0) is 37.1 Å². The Morgan fingerprint density at radius 2 is 1.93 bits per heavy atom. The van der Waals surface area contributed by atoms with Crippen molar-refractivity contribution in [3.05, 3.63) is 64.4 Å². The molecule has 2 aromatic carbocycles. The van der Waals surface area contributed by atoms with Crippen molar-refractivity contribution in [1.82, 2.24) is 29.5 Å². The zero-order chi connectivity index (χ0) is 37.7. The first-order chi connectivity index (χ1) is 26.1. The smallest absolute Gasteiger partial charge is 0.344 e. The van der Waals surface area contributed by atoms with E-state index in [2.05, 4.69) is 21.6 Å². The lowest BCUT2D eigenvalue weighted by Gasteiger charge is -2.35. The minimum absolute atomic E-state index is 0.0904. The number of methoxy groups -OCH3 is 1. The van der Waals surface area contributed by atoms with Gasteiger partial charge < -0.3 is 28.9 Å². The molecule has 4 aliphatic heterocycles. The minimum Gasteiger partial charge on any atom is -0.467 e. The highest BCUT2D eigenvalue weighted by molar-refractivity contribution is 5.98. The van der Waals surface area contributed by atoms with Gasteiger partial charge in [-0.1, -0.05) is 19.9 Å². The van der Waals surface area contributed by atoms with Crippen molar-refractivity contribution in [3.63, 3.8) is 0 Å². The average Bonchev–Trinajstić information content (AvgIpc) is 3.79. The molecule has 288 valence electrons. The van der Waals surface area contributed by atoms with E-state index in [4.69, 9.17) is 29.3 Å². The van der Waals surface area contributed by atoms with Gasteiger partial charge in [0.15, 0.2) is 6.79 Å². The van der Waals surface area contributed by atoms with E-state index in [9.17, 15) is 9.18 Å². The molecule has 3 atom stereocenters. The zero-order valence-electron chi connectivity index (χ0n) is 31.9. The van der Waals surface area contributed by atoms with Crippen LogP contribution >= 0.6 is 0 Å². The summed E-state index contributed by atoms with van der Waals surface area (Å²) < 4.78 is 49.2. The van der Waals surface area contributed by atoms with E-state index < -0.39 is 6.17 Å². The normalized spacial score (nSPS) is 22.6. The molecular weight excluding hydrogens is 694 g/mol. The van der Waals surface area contributed by atoms with Crippen LogP contribution in [0.2, 0.25) is 0 Å². The summed E-state index contributed by atoms with van der Waals surface area (Å²) >= 11 is 0. The summed E-state index contributed by atoms with van der Waals surface area (Å²) in [7, 11) is 5.02. The molecule has 0 spiro atoms. The summed E-state index contributed by atoms with van der Waals surface area (Å²) in [6, 6.07) is 7.30. The summed E-state index contributed by atoms with van der Waals surface area (Å²) in [6.45, 7) is 8.22. The molecule has 0 saturated carbocycles. The maximum Gasteiger partial charge on any atom is 0.344 e. The molecule has 8 rings (SSSR count). The van der Waals surface area contributed by atoms with Gasteiger partial charge in [0.2, 0.25) is 0 Å². The second kappa shape index (κ2) is 14.6. The molecule has 0 bridgehead atoms. The van der Waals surface area contributed by atoms with Crippen LogP contribution < -0.4 is 19.3 Å². The Hall–Kier alpha value is -4.56. The van der Waals surface area contributed by atoms with Crippen LogP contribution in [0.5, 0.6) is 11.8 Å². The SMILES string of the molecule is CCc1c(F)ccc2cc(OCOC)cc(N3CCc4c(nc(OC[C@@]56CCCN5C[C@H](F)C6)nc4N4Cc5cn(C(=O)N(C)C)nc5CC(C)C4)C3)c12. The van der Waals surface area contributed by atoms with E-state index in [1.54, 1.807) is 27.3 Å². The first-order valence-electron chi connectivity index (χ1n) is 19.1. The van der Waals surface area contributed by atoms with Crippen LogP contribution in [0.4, 0.5) is 25.1 Å². The average molecular weight is 745 g/mol. The number of halogens is 2. The molecule has 4 aliphatic rings. The van der Waals surface area contributed by atoms with Gasteiger partial charge in [-0.15, -0.1) is 0 Å². The molecular formula is C40H50F2N8O4. The zero-order valence-corrected chi connectivity index (χ0v) is 31.9. The lowest BCUT2D eigenvalue weighted by molar-refractivity contribution is 0.0512. The van der Waals surface area contributed by atoms with E-state index in [-0.39, 0.29) is 36.1 Å². The number of carbonyl (C=O) groups excluding carboxylic acids is 1. The molecule has 0 aliphatic carbocycles. The fourth-order valence-corrected chi connectivity index (χ4v) is 9.09. The third-order valence-electron chi connectivity index (χ3n) is 11.6. The van der Waals surface area contributed by atoms with Crippen molar-refractivity contribution in [2.24, 2.45) is 5.92 Å². The van der Waals surface area contributed by atoms with Crippen molar-refractivity contribution in [3.8, 4) is 11.8 Å². The Kier molecular flexibility index (Phi) is 9.84. The fourth-order valence-electron chi connectivity index (χ4n) is 9.09. The molecule has 1 amide bonds. The number of anilines is 2. The molecule has 2 fully saturated rings. The Bertz CT molecular complexity index is 2060. The summed E-state index contributed by atoms with van der Waals surface area (Å²) in [5.41, 5.74) is 4.93. The number of amides is 1. The number of nitrogens with zero attached hydrogens (tertiary/aromatic N) is 8.